The van der Waals surface area contributed by atoms with Crippen LogP contribution in [0, 0.1) is 5.92 Å². The van der Waals surface area contributed by atoms with Crippen LogP contribution < -0.4 is 5.32 Å². The molecule has 0 radical (unpaired) electrons. The van der Waals surface area contributed by atoms with Crippen molar-refractivity contribution in [3.05, 3.63) is 0 Å². The lowest BCUT2D eigenvalue weighted by atomic mass is 9.99. The van der Waals surface area contributed by atoms with Crippen LogP contribution in [0.2, 0.25) is 0 Å². The van der Waals surface area contributed by atoms with E-state index < -0.39 is 0 Å². The van der Waals surface area contributed by atoms with Crippen LogP contribution in [0.5, 0.6) is 0 Å². The van der Waals surface area contributed by atoms with Crippen LogP contribution in [0.25, 0.3) is 0 Å². The highest BCUT2D eigenvalue weighted by Gasteiger charge is 2.27. The topological polar surface area (TPSA) is 35.6 Å². The molecule has 2 amide bonds. The van der Waals surface area contributed by atoms with Crippen LogP contribution in [-0.2, 0) is 0 Å². The molecule has 0 aromatic heterocycles. The first kappa shape index (κ1) is 14.6. The number of amides is 2. The molecule has 2 rings (SSSR count). The number of piperidine rings is 1. The molecular weight excluding hydrogens is 238 g/mol. The zero-order valence-electron chi connectivity index (χ0n) is 10.8. The molecule has 0 bridgehead atoms. The molecular formula is C12H24ClN3O. The summed E-state index contributed by atoms with van der Waals surface area (Å²) < 4.78 is 0. The van der Waals surface area contributed by atoms with E-state index in [1.807, 2.05) is 9.80 Å². The highest BCUT2D eigenvalue weighted by Crippen LogP contribution is 2.17. The van der Waals surface area contributed by atoms with Crippen molar-refractivity contribution in [2.24, 2.45) is 5.92 Å². The summed E-state index contributed by atoms with van der Waals surface area (Å²) in [5.74, 6) is 0.783. The van der Waals surface area contributed by atoms with Crippen molar-refractivity contribution in [3.8, 4) is 0 Å². The first-order valence-electron chi connectivity index (χ1n) is 6.44. The second-order valence-corrected chi connectivity index (χ2v) is 5.25. The number of urea groups is 1. The van der Waals surface area contributed by atoms with E-state index >= 15 is 0 Å². The third-order valence-corrected chi connectivity index (χ3v) is 3.69. The molecule has 2 heterocycles. The maximum atomic E-state index is 12.2. The minimum absolute atomic E-state index is 0. The molecule has 4 nitrogen and oxygen atoms in total. The number of nitrogens with one attached hydrogen (secondary N) is 1. The third kappa shape index (κ3) is 3.75. The number of carbonyl (C=O) groups is 1. The van der Waals surface area contributed by atoms with Gasteiger partial charge in [-0.25, -0.2) is 4.79 Å². The van der Waals surface area contributed by atoms with Gasteiger partial charge >= 0.3 is 6.03 Å². The maximum Gasteiger partial charge on any atom is 0.320 e. The Morgan fingerprint density at radius 3 is 2.35 bits per heavy atom. The van der Waals surface area contributed by atoms with E-state index in [0.717, 1.165) is 51.5 Å². The van der Waals surface area contributed by atoms with Gasteiger partial charge in [-0.05, 0) is 25.7 Å². The molecule has 0 aromatic carbocycles. The summed E-state index contributed by atoms with van der Waals surface area (Å²) in [6.07, 6.45) is 2.32. The van der Waals surface area contributed by atoms with E-state index in [9.17, 15) is 4.79 Å². The zero-order chi connectivity index (χ0) is 11.5. The molecule has 0 saturated carbocycles. The summed E-state index contributed by atoms with van der Waals surface area (Å²) in [6, 6.07) is 0.682. The average molecular weight is 262 g/mol. The molecule has 2 aliphatic heterocycles. The second kappa shape index (κ2) is 6.45. The van der Waals surface area contributed by atoms with Gasteiger partial charge in [0.1, 0.15) is 0 Å². The molecule has 0 unspecified atom stereocenters. The summed E-state index contributed by atoms with van der Waals surface area (Å²) >= 11 is 0. The van der Waals surface area contributed by atoms with E-state index in [1.54, 1.807) is 0 Å². The predicted molar refractivity (Wildman–Crippen MR) is 71.7 cm³/mol. The van der Waals surface area contributed by atoms with E-state index in [4.69, 9.17) is 0 Å². The smallest absolute Gasteiger partial charge is 0.320 e. The number of rotatable bonds is 0. The minimum Gasteiger partial charge on any atom is -0.325 e. The minimum atomic E-state index is 0. The monoisotopic (exact) mass is 261 g/mol. The Kier molecular flexibility index (Phi) is 5.53. The fraction of sp³-hybridized carbons (Fsp3) is 0.917. The second-order valence-electron chi connectivity index (χ2n) is 5.25. The van der Waals surface area contributed by atoms with E-state index in [-0.39, 0.29) is 18.4 Å². The standard InChI is InChI=1S/C12H23N3O.ClH/c1-10-3-6-14(7-4-10)12(16)15-8-5-13-11(2)9-15;/h10-11,13H,3-9H2,1-2H3;1H/t11-;/m0./s1. The molecule has 0 aromatic rings. The predicted octanol–water partition coefficient (Wildman–Crippen LogP) is 1.55. The van der Waals surface area contributed by atoms with Gasteiger partial charge in [0.2, 0.25) is 0 Å². The van der Waals surface area contributed by atoms with Crippen LogP contribution in [0.15, 0.2) is 0 Å². The Labute approximate surface area is 110 Å². The van der Waals surface area contributed by atoms with Gasteiger partial charge in [0.15, 0.2) is 0 Å². The normalized spacial score (nSPS) is 26.6. The highest BCUT2D eigenvalue weighted by molar-refractivity contribution is 5.85. The fourth-order valence-corrected chi connectivity index (χ4v) is 2.51. The molecule has 100 valence electrons. The molecule has 2 fully saturated rings. The highest BCUT2D eigenvalue weighted by atomic mass is 35.5. The zero-order valence-corrected chi connectivity index (χ0v) is 11.6. The van der Waals surface area contributed by atoms with Crippen molar-refractivity contribution in [1.82, 2.24) is 15.1 Å². The number of hydrogen-bond donors (Lipinski definition) is 1. The Hall–Kier alpha value is -0.480. The molecule has 1 N–H and O–H groups in total. The van der Waals surface area contributed by atoms with Crippen LogP contribution in [-0.4, -0.2) is 54.6 Å². The van der Waals surface area contributed by atoms with Crippen molar-refractivity contribution < 1.29 is 4.79 Å². The van der Waals surface area contributed by atoms with Crippen molar-refractivity contribution in [2.75, 3.05) is 32.7 Å². The Morgan fingerprint density at radius 2 is 1.76 bits per heavy atom. The number of likely N-dealkylation sites (tertiary alicyclic amines) is 1. The number of piperazine rings is 1. The van der Waals surface area contributed by atoms with Gasteiger partial charge in [-0.3, -0.25) is 0 Å². The van der Waals surface area contributed by atoms with Gasteiger partial charge in [-0.1, -0.05) is 6.92 Å². The Bertz CT molecular complexity index is 254. The summed E-state index contributed by atoms with van der Waals surface area (Å²) in [6.45, 7) is 8.93. The van der Waals surface area contributed by atoms with Crippen LogP contribution in [0.4, 0.5) is 4.79 Å². The molecule has 1 atom stereocenters. The summed E-state index contributed by atoms with van der Waals surface area (Å²) in [7, 11) is 0. The lowest BCUT2D eigenvalue weighted by Gasteiger charge is -2.38. The number of halogens is 1. The number of hydrogen-bond acceptors (Lipinski definition) is 2. The summed E-state index contributed by atoms with van der Waals surface area (Å²) in [4.78, 5) is 16.3. The van der Waals surface area contributed by atoms with Crippen molar-refractivity contribution in [3.63, 3.8) is 0 Å². The molecule has 2 saturated heterocycles. The van der Waals surface area contributed by atoms with Crippen LogP contribution in [0.3, 0.4) is 0 Å². The third-order valence-electron chi connectivity index (χ3n) is 3.69. The SMILES string of the molecule is CC1CCN(C(=O)N2CCN[C@@H](C)C2)CC1.Cl. The van der Waals surface area contributed by atoms with Crippen LogP contribution in [0.1, 0.15) is 26.7 Å². The van der Waals surface area contributed by atoms with Gasteiger partial charge in [0.05, 0.1) is 0 Å². The lowest BCUT2D eigenvalue weighted by molar-refractivity contribution is 0.123. The summed E-state index contributed by atoms with van der Waals surface area (Å²) in [5.41, 5.74) is 0. The Morgan fingerprint density at radius 1 is 1.12 bits per heavy atom. The first-order chi connectivity index (χ1) is 7.66. The molecule has 17 heavy (non-hydrogen) atoms. The Balaban J connectivity index is 0.00000144. The van der Waals surface area contributed by atoms with Crippen molar-refractivity contribution in [1.29, 1.82) is 0 Å². The van der Waals surface area contributed by atoms with Gasteiger partial charge in [0, 0.05) is 38.8 Å². The van der Waals surface area contributed by atoms with Crippen molar-refractivity contribution >= 4 is 18.4 Å². The van der Waals surface area contributed by atoms with E-state index in [2.05, 4.69) is 19.2 Å². The first-order valence-corrected chi connectivity index (χ1v) is 6.44. The summed E-state index contributed by atoms with van der Waals surface area (Å²) in [5, 5.41) is 3.36. The van der Waals surface area contributed by atoms with Crippen LogP contribution >= 0.6 is 12.4 Å². The quantitative estimate of drug-likeness (QED) is 0.718. The molecule has 5 heteroatoms. The maximum absolute atomic E-state index is 12.2. The van der Waals surface area contributed by atoms with Crippen molar-refractivity contribution in [2.45, 2.75) is 32.7 Å². The van der Waals surface area contributed by atoms with Gasteiger partial charge in [0.25, 0.3) is 0 Å². The number of carbonyl (C=O) groups excluding carboxylic acids is 1. The lowest BCUT2D eigenvalue weighted by Crippen LogP contribution is -2.55. The van der Waals surface area contributed by atoms with E-state index in [1.165, 1.54) is 0 Å². The van der Waals surface area contributed by atoms with Gasteiger partial charge < -0.3 is 15.1 Å². The van der Waals surface area contributed by atoms with E-state index in [0.29, 0.717) is 6.04 Å². The average Bonchev–Trinajstić information content (AvgIpc) is 2.29. The van der Waals surface area contributed by atoms with Gasteiger partial charge in [-0.15, -0.1) is 12.4 Å². The molecule has 2 aliphatic rings. The number of nitrogens with zero attached hydrogens (tertiary/aromatic N) is 2. The van der Waals surface area contributed by atoms with Gasteiger partial charge in [-0.2, -0.15) is 0 Å². The molecule has 0 aliphatic carbocycles. The largest absolute Gasteiger partial charge is 0.325 e. The fourth-order valence-electron chi connectivity index (χ4n) is 2.51. The molecule has 0 spiro atoms.